The number of primary amides is 1. The van der Waals surface area contributed by atoms with Crippen LogP contribution in [0.4, 0.5) is 0 Å². The second-order valence-electron chi connectivity index (χ2n) is 4.67. The van der Waals surface area contributed by atoms with Gasteiger partial charge in [-0.2, -0.15) is 0 Å². The lowest BCUT2D eigenvalue weighted by molar-refractivity contribution is -0.124. The molecule has 2 saturated heterocycles. The fourth-order valence-electron chi connectivity index (χ4n) is 2.51. The zero-order valence-electron chi connectivity index (χ0n) is 9.65. The first-order valence-electron chi connectivity index (χ1n) is 6.09. The Kier molecular flexibility index (Phi) is 4.15. The summed E-state index contributed by atoms with van der Waals surface area (Å²) in [5.74, 6) is 0.452. The van der Waals surface area contributed by atoms with Crippen LogP contribution in [-0.4, -0.2) is 56.2 Å². The van der Waals surface area contributed by atoms with E-state index in [1.807, 2.05) is 0 Å². The summed E-state index contributed by atoms with van der Waals surface area (Å²) < 4.78 is 5.34. The summed E-state index contributed by atoms with van der Waals surface area (Å²) in [6, 6.07) is -0.128. The monoisotopic (exact) mass is 227 g/mol. The van der Waals surface area contributed by atoms with Crippen molar-refractivity contribution in [3.8, 4) is 0 Å². The van der Waals surface area contributed by atoms with Gasteiger partial charge in [-0.25, -0.2) is 0 Å². The first-order valence-corrected chi connectivity index (χ1v) is 6.09. The molecule has 0 radical (unpaired) electrons. The van der Waals surface area contributed by atoms with Gasteiger partial charge in [-0.05, 0) is 18.8 Å². The van der Waals surface area contributed by atoms with Crippen molar-refractivity contribution in [1.82, 2.24) is 10.2 Å². The largest absolute Gasteiger partial charge is 0.381 e. The lowest BCUT2D eigenvalue weighted by atomic mass is 9.98. The molecule has 0 bridgehead atoms. The van der Waals surface area contributed by atoms with Crippen molar-refractivity contribution in [2.45, 2.75) is 18.9 Å². The molecular weight excluding hydrogens is 206 g/mol. The van der Waals surface area contributed by atoms with E-state index in [0.29, 0.717) is 12.5 Å². The van der Waals surface area contributed by atoms with Gasteiger partial charge in [0, 0.05) is 39.4 Å². The average molecular weight is 227 g/mol. The van der Waals surface area contributed by atoms with Crippen molar-refractivity contribution in [3.05, 3.63) is 0 Å². The van der Waals surface area contributed by atoms with E-state index in [1.165, 1.54) is 0 Å². The summed E-state index contributed by atoms with van der Waals surface area (Å²) >= 11 is 0. The van der Waals surface area contributed by atoms with Crippen molar-refractivity contribution in [2.24, 2.45) is 11.7 Å². The number of amides is 1. The Morgan fingerprint density at radius 3 is 2.88 bits per heavy atom. The molecule has 1 amide bonds. The molecule has 2 heterocycles. The minimum atomic E-state index is -0.209. The second-order valence-corrected chi connectivity index (χ2v) is 4.67. The van der Waals surface area contributed by atoms with Crippen molar-refractivity contribution >= 4 is 5.91 Å². The van der Waals surface area contributed by atoms with Gasteiger partial charge in [0.15, 0.2) is 0 Å². The molecule has 0 aromatic carbocycles. The topological polar surface area (TPSA) is 67.6 Å². The Bertz CT molecular complexity index is 241. The molecule has 2 aliphatic heterocycles. The normalized spacial score (nSPS) is 29.1. The summed E-state index contributed by atoms with van der Waals surface area (Å²) in [6.07, 6.45) is 2.21. The predicted molar refractivity (Wildman–Crippen MR) is 61.0 cm³/mol. The molecule has 1 atom stereocenters. The van der Waals surface area contributed by atoms with E-state index in [1.54, 1.807) is 0 Å². The van der Waals surface area contributed by atoms with E-state index >= 15 is 0 Å². The quantitative estimate of drug-likeness (QED) is 0.660. The molecule has 0 aromatic heterocycles. The van der Waals surface area contributed by atoms with Crippen LogP contribution in [0.3, 0.4) is 0 Å². The number of piperazine rings is 1. The molecule has 5 nitrogen and oxygen atoms in total. The van der Waals surface area contributed by atoms with Crippen LogP contribution in [0, 0.1) is 5.92 Å². The molecule has 5 heteroatoms. The van der Waals surface area contributed by atoms with E-state index < -0.39 is 0 Å². The predicted octanol–water partition coefficient (Wildman–Crippen LogP) is -0.828. The Morgan fingerprint density at radius 2 is 2.19 bits per heavy atom. The van der Waals surface area contributed by atoms with Crippen molar-refractivity contribution in [3.63, 3.8) is 0 Å². The van der Waals surface area contributed by atoms with Crippen LogP contribution >= 0.6 is 0 Å². The van der Waals surface area contributed by atoms with Gasteiger partial charge in [0.1, 0.15) is 6.04 Å². The van der Waals surface area contributed by atoms with Gasteiger partial charge in [0.25, 0.3) is 0 Å². The molecule has 2 rings (SSSR count). The fourth-order valence-corrected chi connectivity index (χ4v) is 2.51. The third kappa shape index (κ3) is 2.93. The zero-order valence-corrected chi connectivity index (χ0v) is 9.65. The Morgan fingerprint density at radius 1 is 1.44 bits per heavy atom. The smallest absolute Gasteiger partial charge is 0.236 e. The minimum absolute atomic E-state index is 0.128. The van der Waals surface area contributed by atoms with Gasteiger partial charge >= 0.3 is 0 Å². The first kappa shape index (κ1) is 11.8. The van der Waals surface area contributed by atoms with Crippen molar-refractivity contribution in [2.75, 3.05) is 39.4 Å². The number of ether oxygens (including phenoxy) is 1. The second kappa shape index (κ2) is 5.61. The van der Waals surface area contributed by atoms with E-state index in [2.05, 4.69) is 10.2 Å². The van der Waals surface area contributed by atoms with E-state index in [0.717, 1.165) is 45.7 Å². The number of hydrogen-bond donors (Lipinski definition) is 2. The number of rotatable bonds is 3. The van der Waals surface area contributed by atoms with E-state index in [-0.39, 0.29) is 11.9 Å². The molecule has 0 saturated carbocycles. The van der Waals surface area contributed by atoms with Crippen molar-refractivity contribution in [1.29, 1.82) is 0 Å². The van der Waals surface area contributed by atoms with E-state index in [4.69, 9.17) is 10.5 Å². The molecule has 0 spiro atoms. The maximum Gasteiger partial charge on any atom is 0.236 e. The van der Waals surface area contributed by atoms with Crippen LogP contribution in [0.15, 0.2) is 0 Å². The number of nitrogens with two attached hydrogens (primary N) is 1. The molecular formula is C11H21N3O2. The van der Waals surface area contributed by atoms with Gasteiger partial charge in [-0.3, -0.25) is 9.69 Å². The highest BCUT2D eigenvalue weighted by Gasteiger charge is 2.29. The minimum Gasteiger partial charge on any atom is -0.381 e. The molecule has 1 unspecified atom stereocenters. The highest BCUT2D eigenvalue weighted by atomic mass is 16.5. The highest BCUT2D eigenvalue weighted by molar-refractivity contribution is 5.80. The van der Waals surface area contributed by atoms with Gasteiger partial charge in [-0.15, -0.1) is 0 Å². The first-order chi connectivity index (χ1) is 7.77. The van der Waals surface area contributed by atoms with Crippen LogP contribution in [-0.2, 0) is 9.53 Å². The van der Waals surface area contributed by atoms with Gasteiger partial charge in [0.05, 0.1) is 0 Å². The third-order valence-electron chi connectivity index (χ3n) is 3.52. The van der Waals surface area contributed by atoms with Crippen molar-refractivity contribution < 1.29 is 9.53 Å². The number of hydrogen-bond acceptors (Lipinski definition) is 4. The summed E-state index contributed by atoms with van der Waals surface area (Å²) in [6.45, 7) is 5.27. The maximum absolute atomic E-state index is 11.3. The molecule has 16 heavy (non-hydrogen) atoms. The number of nitrogens with one attached hydrogen (secondary N) is 1. The van der Waals surface area contributed by atoms with Crippen LogP contribution in [0.5, 0.6) is 0 Å². The summed E-state index contributed by atoms with van der Waals surface area (Å²) in [5, 5.41) is 3.22. The summed E-state index contributed by atoms with van der Waals surface area (Å²) in [4.78, 5) is 13.6. The van der Waals surface area contributed by atoms with Gasteiger partial charge < -0.3 is 15.8 Å². The average Bonchev–Trinajstić information content (AvgIpc) is 2.31. The van der Waals surface area contributed by atoms with Crippen LogP contribution < -0.4 is 11.1 Å². The maximum atomic E-state index is 11.3. The molecule has 0 aromatic rings. The van der Waals surface area contributed by atoms with Crippen LogP contribution in [0.2, 0.25) is 0 Å². The third-order valence-corrected chi connectivity index (χ3v) is 3.52. The molecule has 2 aliphatic rings. The molecule has 92 valence electrons. The zero-order chi connectivity index (χ0) is 11.4. The molecule has 2 fully saturated rings. The number of carbonyl (C=O) groups excluding carboxylic acids is 1. The van der Waals surface area contributed by atoms with Gasteiger partial charge in [0.2, 0.25) is 5.91 Å². The fraction of sp³-hybridized carbons (Fsp3) is 0.909. The summed E-state index contributed by atoms with van der Waals surface area (Å²) in [7, 11) is 0. The van der Waals surface area contributed by atoms with Gasteiger partial charge in [-0.1, -0.05) is 0 Å². The lowest BCUT2D eigenvalue weighted by Gasteiger charge is -2.37. The highest BCUT2D eigenvalue weighted by Crippen LogP contribution is 2.17. The Hall–Kier alpha value is -0.650. The Labute approximate surface area is 96.3 Å². The van der Waals surface area contributed by atoms with E-state index in [9.17, 15) is 4.79 Å². The summed E-state index contributed by atoms with van der Waals surface area (Å²) in [5.41, 5.74) is 5.42. The molecule has 3 N–H and O–H groups in total. The standard InChI is InChI=1S/C11H21N3O2/c12-11(15)10-7-13-3-4-14(10)8-9-1-5-16-6-2-9/h9-10,13H,1-8H2,(H2,12,15). The number of carbonyl (C=O) groups is 1. The van der Waals surface area contributed by atoms with Crippen LogP contribution in [0.25, 0.3) is 0 Å². The van der Waals surface area contributed by atoms with Crippen LogP contribution in [0.1, 0.15) is 12.8 Å². The lowest BCUT2D eigenvalue weighted by Crippen LogP contribution is -2.58. The SMILES string of the molecule is NC(=O)C1CNCCN1CC1CCOCC1. The Balaban J connectivity index is 1.87. The molecule has 0 aliphatic carbocycles. The number of nitrogens with zero attached hydrogens (tertiary/aromatic N) is 1.